The SMILES string of the molecule is CCOC1CC(Nc2nc(C)nc(N)c2C)C1. The van der Waals surface area contributed by atoms with Crippen LogP contribution in [0.2, 0.25) is 0 Å². The number of nitrogen functional groups attached to an aromatic ring is 1. The van der Waals surface area contributed by atoms with Crippen LogP contribution in [0, 0.1) is 13.8 Å². The van der Waals surface area contributed by atoms with Gasteiger partial charge in [0.05, 0.1) is 6.10 Å². The molecule has 0 aromatic carbocycles. The maximum absolute atomic E-state index is 5.82. The van der Waals surface area contributed by atoms with Crippen LogP contribution in [-0.4, -0.2) is 28.7 Å². The first-order valence-corrected chi connectivity index (χ1v) is 6.09. The number of hydrogen-bond donors (Lipinski definition) is 2. The fourth-order valence-electron chi connectivity index (χ4n) is 2.04. The highest BCUT2D eigenvalue weighted by molar-refractivity contribution is 5.55. The third kappa shape index (κ3) is 2.66. The Labute approximate surface area is 102 Å². The Kier molecular flexibility index (Phi) is 3.47. The lowest BCUT2D eigenvalue weighted by molar-refractivity contribution is 0.00291. The second-order valence-corrected chi connectivity index (χ2v) is 4.52. The molecule has 0 radical (unpaired) electrons. The van der Waals surface area contributed by atoms with E-state index in [4.69, 9.17) is 10.5 Å². The van der Waals surface area contributed by atoms with E-state index in [1.54, 1.807) is 0 Å². The molecule has 1 aromatic heterocycles. The standard InChI is InChI=1S/C12H20N4O/c1-4-17-10-5-9(6-10)16-12-7(2)11(13)14-8(3)15-12/h9-10H,4-6H2,1-3H3,(H3,13,14,15,16). The van der Waals surface area contributed by atoms with Crippen molar-refractivity contribution in [2.45, 2.75) is 45.8 Å². The average molecular weight is 236 g/mol. The molecule has 94 valence electrons. The van der Waals surface area contributed by atoms with Gasteiger partial charge in [-0.1, -0.05) is 0 Å². The molecule has 1 heterocycles. The van der Waals surface area contributed by atoms with Crippen LogP contribution in [0.3, 0.4) is 0 Å². The fraction of sp³-hybridized carbons (Fsp3) is 0.667. The number of aryl methyl sites for hydroxylation is 1. The van der Waals surface area contributed by atoms with Gasteiger partial charge < -0.3 is 15.8 Å². The lowest BCUT2D eigenvalue weighted by Gasteiger charge is -2.36. The predicted octanol–water partition coefficient (Wildman–Crippen LogP) is 1.66. The zero-order valence-corrected chi connectivity index (χ0v) is 10.7. The van der Waals surface area contributed by atoms with Crippen LogP contribution in [0.15, 0.2) is 0 Å². The van der Waals surface area contributed by atoms with Crippen molar-refractivity contribution >= 4 is 11.6 Å². The largest absolute Gasteiger partial charge is 0.383 e. The Hall–Kier alpha value is -1.36. The number of rotatable bonds is 4. The van der Waals surface area contributed by atoms with Crippen LogP contribution in [0.4, 0.5) is 11.6 Å². The minimum absolute atomic E-state index is 0.401. The Bertz CT molecular complexity index is 402. The highest BCUT2D eigenvalue weighted by Crippen LogP contribution is 2.28. The van der Waals surface area contributed by atoms with Gasteiger partial charge >= 0.3 is 0 Å². The molecular formula is C12H20N4O. The molecule has 5 nitrogen and oxygen atoms in total. The summed E-state index contributed by atoms with van der Waals surface area (Å²) in [4.78, 5) is 8.51. The zero-order valence-electron chi connectivity index (χ0n) is 10.7. The van der Waals surface area contributed by atoms with Crippen LogP contribution >= 0.6 is 0 Å². The van der Waals surface area contributed by atoms with Crippen LogP contribution in [0.25, 0.3) is 0 Å². The van der Waals surface area contributed by atoms with E-state index in [1.165, 1.54) is 0 Å². The topological polar surface area (TPSA) is 73.1 Å². The molecule has 0 atom stereocenters. The van der Waals surface area contributed by atoms with Gasteiger partial charge in [0, 0.05) is 18.2 Å². The summed E-state index contributed by atoms with van der Waals surface area (Å²) in [5.41, 5.74) is 6.74. The smallest absolute Gasteiger partial charge is 0.134 e. The highest BCUT2D eigenvalue weighted by atomic mass is 16.5. The van der Waals surface area contributed by atoms with Gasteiger partial charge in [-0.15, -0.1) is 0 Å². The predicted molar refractivity (Wildman–Crippen MR) is 68.0 cm³/mol. The summed E-state index contributed by atoms with van der Waals surface area (Å²) in [5.74, 6) is 2.12. The summed E-state index contributed by atoms with van der Waals surface area (Å²) in [5, 5.41) is 3.41. The molecule has 1 saturated carbocycles. The molecule has 1 aliphatic carbocycles. The van der Waals surface area contributed by atoms with Gasteiger partial charge in [-0.2, -0.15) is 0 Å². The lowest BCUT2D eigenvalue weighted by Crippen LogP contribution is -2.41. The van der Waals surface area contributed by atoms with Crippen LogP contribution < -0.4 is 11.1 Å². The molecule has 1 aliphatic rings. The van der Waals surface area contributed by atoms with E-state index in [0.29, 0.717) is 23.8 Å². The van der Waals surface area contributed by atoms with Gasteiger partial charge in [-0.3, -0.25) is 0 Å². The number of aromatic nitrogens is 2. The van der Waals surface area contributed by atoms with E-state index < -0.39 is 0 Å². The van der Waals surface area contributed by atoms with Crippen molar-refractivity contribution < 1.29 is 4.74 Å². The fourth-order valence-corrected chi connectivity index (χ4v) is 2.04. The summed E-state index contributed by atoms with van der Waals surface area (Å²) in [6.45, 7) is 6.61. The van der Waals surface area contributed by atoms with E-state index in [9.17, 15) is 0 Å². The summed E-state index contributed by atoms with van der Waals surface area (Å²) in [6, 6.07) is 0.443. The van der Waals surface area contributed by atoms with Crippen molar-refractivity contribution in [1.82, 2.24) is 9.97 Å². The second kappa shape index (κ2) is 4.87. The summed E-state index contributed by atoms with van der Waals surface area (Å²) < 4.78 is 5.53. The first-order valence-electron chi connectivity index (χ1n) is 6.09. The molecule has 0 unspecified atom stereocenters. The van der Waals surface area contributed by atoms with Crippen molar-refractivity contribution in [1.29, 1.82) is 0 Å². The van der Waals surface area contributed by atoms with Gasteiger partial charge in [-0.25, -0.2) is 9.97 Å². The Morgan fingerprint density at radius 1 is 1.35 bits per heavy atom. The van der Waals surface area contributed by atoms with Gasteiger partial charge in [0.1, 0.15) is 17.5 Å². The summed E-state index contributed by atoms with van der Waals surface area (Å²) >= 11 is 0. The van der Waals surface area contributed by atoms with E-state index in [1.807, 2.05) is 20.8 Å². The third-order valence-electron chi connectivity index (χ3n) is 3.13. The third-order valence-corrected chi connectivity index (χ3v) is 3.13. The first-order chi connectivity index (χ1) is 8.10. The lowest BCUT2D eigenvalue weighted by atomic mass is 9.89. The van der Waals surface area contributed by atoms with Crippen molar-refractivity contribution in [3.63, 3.8) is 0 Å². The van der Waals surface area contributed by atoms with E-state index in [2.05, 4.69) is 15.3 Å². The number of nitrogens with one attached hydrogen (secondary N) is 1. The Morgan fingerprint density at radius 2 is 2.06 bits per heavy atom. The summed E-state index contributed by atoms with van der Waals surface area (Å²) in [6.07, 6.45) is 2.48. The molecule has 0 aliphatic heterocycles. The molecule has 5 heteroatoms. The number of nitrogens with two attached hydrogens (primary N) is 1. The Balaban J connectivity index is 1.96. The van der Waals surface area contributed by atoms with Crippen molar-refractivity contribution in [2.24, 2.45) is 0 Å². The number of anilines is 2. The molecule has 17 heavy (non-hydrogen) atoms. The maximum Gasteiger partial charge on any atom is 0.134 e. The highest BCUT2D eigenvalue weighted by Gasteiger charge is 2.30. The van der Waals surface area contributed by atoms with Crippen LogP contribution in [-0.2, 0) is 4.74 Å². The monoisotopic (exact) mass is 236 g/mol. The van der Waals surface area contributed by atoms with Gasteiger partial charge in [0.2, 0.25) is 0 Å². The molecule has 0 spiro atoms. The van der Waals surface area contributed by atoms with Crippen LogP contribution in [0.1, 0.15) is 31.2 Å². The van der Waals surface area contributed by atoms with Crippen molar-refractivity contribution in [3.05, 3.63) is 11.4 Å². The molecule has 0 amide bonds. The van der Waals surface area contributed by atoms with Crippen molar-refractivity contribution in [3.8, 4) is 0 Å². The summed E-state index contributed by atoms with van der Waals surface area (Å²) in [7, 11) is 0. The number of ether oxygens (including phenoxy) is 1. The first kappa shape index (κ1) is 12.1. The molecule has 0 bridgehead atoms. The van der Waals surface area contributed by atoms with E-state index in [-0.39, 0.29) is 0 Å². The number of nitrogens with zero attached hydrogens (tertiary/aromatic N) is 2. The molecule has 2 rings (SSSR count). The zero-order chi connectivity index (χ0) is 12.4. The van der Waals surface area contributed by atoms with Gasteiger partial charge in [0.15, 0.2) is 0 Å². The molecule has 1 aromatic rings. The normalized spacial score (nSPS) is 23.2. The van der Waals surface area contributed by atoms with Crippen LogP contribution in [0.5, 0.6) is 0 Å². The number of hydrogen-bond acceptors (Lipinski definition) is 5. The second-order valence-electron chi connectivity index (χ2n) is 4.52. The molecular weight excluding hydrogens is 216 g/mol. The van der Waals surface area contributed by atoms with Gasteiger partial charge in [-0.05, 0) is 33.6 Å². The Morgan fingerprint density at radius 3 is 2.71 bits per heavy atom. The minimum Gasteiger partial charge on any atom is -0.383 e. The average Bonchev–Trinajstić information content (AvgIpc) is 2.22. The van der Waals surface area contributed by atoms with Crippen molar-refractivity contribution in [2.75, 3.05) is 17.7 Å². The van der Waals surface area contributed by atoms with E-state index in [0.717, 1.165) is 30.8 Å². The molecule has 3 N–H and O–H groups in total. The minimum atomic E-state index is 0.401. The van der Waals surface area contributed by atoms with E-state index >= 15 is 0 Å². The molecule has 0 saturated heterocycles. The quantitative estimate of drug-likeness (QED) is 0.831. The van der Waals surface area contributed by atoms with Gasteiger partial charge in [0.25, 0.3) is 0 Å². The maximum atomic E-state index is 5.82. The molecule has 1 fully saturated rings.